The van der Waals surface area contributed by atoms with Crippen LogP contribution in [0, 0.1) is 0 Å². The van der Waals surface area contributed by atoms with Crippen LogP contribution in [-0.2, 0) is 11.2 Å². The molecule has 0 amide bonds. The summed E-state index contributed by atoms with van der Waals surface area (Å²) in [5.41, 5.74) is 1.37. The average Bonchev–Trinajstić information content (AvgIpc) is 3.15. The molecule has 5 nitrogen and oxygen atoms in total. The van der Waals surface area contributed by atoms with Crippen LogP contribution in [0.3, 0.4) is 0 Å². The molecule has 0 bridgehead atoms. The highest BCUT2D eigenvalue weighted by atomic mass is 16.5. The topological polar surface area (TPSA) is 54.0 Å². The Balaban J connectivity index is 1.66. The Hall–Kier alpha value is -1.72. The lowest BCUT2D eigenvalue weighted by Gasteiger charge is -2.22. The van der Waals surface area contributed by atoms with Crippen LogP contribution in [0.25, 0.3) is 0 Å². The van der Waals surface area contributed by atoms with E-state index in [0.29, 0.717) is 0 Å². The molecule has 1 aromatic carbocycles. The Bertz CT molecular complexity index is 514. The summed E-state index contributed by atoms with van der Waals surface area (Å²) in [6.45, 7) is 1.96. The fraction of sp³-hybridized carbons (Fsp3) is 0.467. The van der Waals surface area contributed by atoms with Crippen LogP contribution < -0.4 is 0 Å². The van der Waals surface area contributed by atoms with Crippen molar-refractivity contribution in [2.75, 3.05) is 20.2 Å². The Kier molecular flexibility index (Phi) is 4.08. The van der Waals surface area contributed by atoms with E-state index < -0.39 is 0 Å². The molecule has 106 valence electrons. The Morgan fingerprint density at radius 3 is 2.90 bits per heavy atom. The van der Waals surface area contributed by atoms with Crippen molar-refractivity contribution in [2.24, 2.45) is 0 Å². The Morgan fingerprint density at radius 2 is 2.20 bits per heavy atom. The molecule has 1 aromatic heterocycles. The Labute approximate surface area is 119 Å². The van der Waals surface area contributed by atoms with Gasteiger partial charge < -0.3 is 4.74 Å². The molecule has 5 heteroatoms. The first-order valence-corrected chi connectivity index (χ1v) is 7.03. The van der Waals surface area contributed by atoms with E-state index >= 15 is 0 Å². The minimum atomic E-state index is 0.279. The van der Waals surface area contributed by atoms with Crippen LogP contribution in [-0.4, -0.2) is 46.4 Å². The molecule has 0 spiro atoms. The maximum absolute atomic E-state index is 5.52. The molecule has 1 saturated heterocycles. The van der Waals surface area contributed by atoms with Crippen molar-refractivity contribution in [3.05, 3.63) is 48.0 Å². The normalized spacial score (nSPS) is 23.2. The molecular weight excluding hydrogens is 252 g/mol. The third-order valence-corrected chi connectivity index (χ3v) is 3.98. The summed E-state index contributed by atoms with van der Waals surface area (Å²) in [7, 11) is 1.78. The number of methoxy groups -OCH3 is 1. The molecule has 2 atom stereocenters. The van der Waals surface area contributed by atoms with Gasteiger partial charge in [-0.1, -0.05) is 30.3 Å². The number of H-pyrrole nitrogens is 1. The maximum Gasteiger partial charge on any atom is 0.141 e. The van der Waals surface area contributed by atoms with E-state index in [9.17, 15) is 0 Å². The number of ether oxygens (including phenoxy) is 1. The van der Waals surface area contributed by atoms with Crippen LogP contribution in [0.2, 0.25) is 0 Å². The zero-order valence-electron chi connectivity index (χ0n) is 11.7. The van der Waals surface area contributed by atoms with E-state index in [2.05, 4.69) is 50.4 Å². The maximum atomic E-state index is 5.52. The van der Waals surface area contributed by atoms with E-state index in [1.807, 2.05) is 0 Å². The number of rotatable bonds is 5. The predicted molar refractivity (Wildman–Crippen MR) is 76.3 cm³/mol. The van der Waals surface area contributed by atoms with Gasteiger partial charge in [-0.25, -0.2) is 4.98 Å². The molecule has 0 radical (unpaired) electrons. The lowest BCUT2D eigenvalue weighted by atomic mass is 10.1. The van der Waals surface area contributed by atoms with Gasteiger partial charge in [0.25, 0.3) is 0 Å². The van der Waals surface area contributed by atoms with E-state index in [4.69, 9.17) is 4.74 Å². The minimum Gasteiger partial charge on any atom is -0.380 e. The number of hydrogen-bond acceptors (Lipinski definition) is 4. The van der Waals surface area contributed by atoms with Gasteiger partial charge in [0.2, 0.25) is 0 Å². The Morgan fingerprint density at radius 1 is 1.35 bits per heavy atom. The van der Waals surface area contributed by atoms with Gasteiger partial charge in [-0.2, -0.15) is 5.10 Å². The van der Waals surface area contributed by atoms with Crippen molar-refractivity contribution in [3.8, 4) is 0 Å². The second-order valence-electron chi connectivity index (χ2n) is 5.21. The molecule has 1 aliphatic heterocycles. The quantitative estimate of drug-likeness (QED) is 0.902. The third kappa shape index (κ3) is 2.89. The zero-order chi connectivity index (χ0) is 13.8. The molecule has 1 aliphatic rings. The van der Waals surface area contributed by atoms with Gasteiger partial charge in [-0.3, -0.25) is 10.00 Å². The van der Waals surface area contributed by atoms with Gasteiger partial charge >= 0.3 is 0 Å². The van der Waals surface area contributed by atoms with Gasteiger partial charge in [-0.05, 0) is 18.4 Å². The van der Waals surface area contributed by atoms with Crippen LogP contribution in [0.15, 0.2) is 36.7 Å². The second kappa shape index (κ2) is 6.15. The zero-order valence-corrected chi connectivity index (χ0v) is 11.7. The average molecular weight is 272 g/mol. The summed E-state index contributed by atoms with van der Waals surface area (Å²) in [6.07, 6.45) is 3.87. The van der Waals surface area contributed by atoms with E-state index in [-0.39, 0.29) is 12.1 Å². The van der Waals surface area contributed by atoms with Gasteiger partial charge in [0, 0.05) is 20.2 Å². The highest BCUT2D eigenvalue weighted by Gasteiger charge is 2.34. The monoisotopic (exact) mass is 272 g/mol. The van der Waals surface area contributed by atoms with Crippen LogP contribution in [0.5, 0.6) is 0 Å². The molecule has 0 aliphatic carbocycles. The van der Waals surface area contributed by atoms with Crippen LogP contribution in [0.4, 0.5) is 0 Å². The SMILES string of the molecule is CO[C@@H]1C[C@@H](c2ncn[nH]2)N(CCc2ccccc2)C1. The molecular formula is C15H20N4O. The summed E-state index contributed by atoms with van der Waals surface area (Å²) < 4.78 is 5.52. The number of benzene rings is 1. The van der Waals surface area contributed by atoms with Crippen molar-refractivity contribution in [2.45, 2.75) is 25.0 Å². The molecule has 20 heavy (non-hydrogen) atoms. The van der Waals surface area contributed by atoms with Gasteiger partial charge in [0.1, 0.15) is 12.2 Å². The standard InChI is InChI=1S/C15H20N4O/c1-20-13-9-14(15-16-11-17-18-15)19(10-13)8-7-12-5-3-2-4-6-12/h2-6,11,13-14H,7-10H2,1H3,(H,16,17,18)/t13-,14+/m1/s1. The van der Waals surface area contributed by atoms with Crippen molar-refractivity contribution in [3.63, 3.8) is 0 Å². The minimum absolute atomic E-state index is 0.279. The van der Waals surface area contributed by atoms with Gasteiger partial charge in [0.15, 0.2) is 0 Å². The number of hydrogen-bond donors (Lipinski definition) is 1. The van der Waals surface area contributed by atoms with E-state index in [1.54, 1.807) is 13.4 Å². The lowest BCUT2D eigenvalue weighted by molar-refractivity contribution is 0.108. The van der Waals surface area contributed by atoms with Crippen LogP contribution in [0.1, 0.15) is 23.9 Å². The largest absolute Gasteiger partial charge is 0.380 e. The lowest BCUT2D eigenvalue weighted by Crippen LogP contribution is -2.28. The summed E-state index contributed by atoms with van der Waals surface area (Å²) in [5, 5.41) is 6.96. The molecule has 0 unspecified atom stereocenters. The third-order valence-electron chi connectivity index (χ3n) is 3.98. The first-order chi connectivity index (χ1) is 9.86. The molecule has 0 saturated carbocycles. The number of nitrogens with zero attached hydrogens (tertiary/aromatic N) is 3. The fourth-order valence-corrected chi connectivity index (χ4v) is 2.86. The number of aromatic nitrogens is 3. The van der Waals surface area contributed by atoms with Crippen molar-refractivity contribution < 1.29 is 4.74 Å². The summed E-state index contributed by atoms with van der Waals surface area (Å²) in [6, 6.07) is 10.9. The highest BCUT2D eigenvalue weighted by Crippen LogP contribution is 2.31. The van der Waals surface area contributed by atoms with E-state index in [0.717, 1.165) is 31.8 Å². The van der Waals surface area contributed by atoms with Crippen molar-refractivity contribution >= 4 is 0 Å². The fourth-order valence-electron chi connectivity index (χ4n) is 2.86. The van der Waals surface area contributed by atoms with E-state index in [1.165, 1.54) is 5.56 Å². The predicted octanol–water partition coefficient (Wildman–Crippen LogP) is 1.81. The summed E-state index contributed by atoms with van der Waals surface area (Å²) in [4.78, 5) is 6.74. The molecule has 3 rings (SSSR count). The number of nitrogens with one attached hydrogen (secondary N) is 1. The van der Waals surface area contributed by atoms with Crippen LogP contribution >= 0.6 is 0 Å². The first kappa shape index (κ1) is 13.3. The number of aromatic amines is 1. The summed E-state index contributed by atoms with van der Waals surface area (Å²) >= 11 is 0. The number of likely N-dealkylation sites (tertiary alicyclic amines) is 1. The first-order valence-electron chi connectivity index (χ1n) is 7.03. The molecule has 1 N–H and O–H groups in total. The van der Waals surface area contributed by atoms with Crippen molar-refractivity contribution in [1.29, 1.82) is 0 Å². The smallest absolute Gasteiger partial charge is 0.141 e. The molecule has 2 aromatic rings. The molecule has 2 heterocycles. The van der Waals surface area contributed by atoms with Gasteiger partial charge in [0.05, 0.1) is 12.1 Å². The second-order valence-corrected chi connectivity index (χ2v) is 5.21. The van der Waals surface area contributed by atoms with Crippen molar-refractivity contribution in [1.82, 2.24) is 20.1 Å². The molecule has 1 fully saturated rings. The summed E-state index contributed by atoms with van der Waals surface area (Å²) in [5.74, 6) is 0.942. The van der Waals surface area contributed by atoms with Gasteiger partial charge in [-0.15, -0.1) is 0 Å². The highest BCUT2D eigenvalue weighted by molar-refractivity contribution is 5.15.